The number of para-hydroxylation sites is 1. The number of carboxylic acids is 1. The number of likely N-dealkylation sites (tertiary alicyclic amines) is 1. The Labute approximate surface area is 118 Å². The van der Waals surface area contributed by atoms with Gasteiger partial charge in [-0.25, -0.2) is 0 Å². The Morgan fingerprint density at radius 3 is 2.65 bits per heavy atom. The molecule has 1 aliphatic rings. The molecule has 0 saturated carbocycles. The molecular weight excluding hydrogens is 256 g/mol. The maximum atomic E-state index is 12.1. The molecule has 0 bridgehead atoms. The number of carboxylic acid groups (broad SMARTS) is 1. The zero-order valence-electron chi connectivity index (χ0n) is 11.6. The van der Waals surface area contributed by atoms with E-state index in [2.05, 4.69) is 0 Å². The van der Waals surface area contributed by atoms with E-state index in [-0.39, 0.29) is 11.8 Å². The van der Waals surface area contributed by atoms with Crippen LogP contribution in [0.3, 0.4) is 0 Å². The summed E-state index contributed by atoms with van der Waals surface area (Å²) < 4.78 is 0. The summed E-state index contributed by atoms with van der Waals surface area (Å²) in [5.41, 5.74) is 7.50. The van der Waals surface area contributed by atoms with Crippen molar-refractivity contribution in [1.82, 2.24) is 4.90 Å². The van der Waals surface area contributed by atoms with Gasteiger partial charge in [0.25, 0.3) is 0 Å². The summed E-state index contributed by atoms with van der Waals surface area (Å²) >= 11 is 0. The van der Waals surface area contributed by atoms with Gasteiger partial charge in [-0.3, -0.25) is 9.59 Å². The van der Waals surface area contributed by atoms with E-state index in [0.717, 1.165) is 5.56 Å². The van der Waals surface area contributed by atoms with E-state index in [4.69, 9.17) is 10.8 Å². The molecule has 0 radical (unpaired) electrons. The number of aryl methyl sites for hydroxylation is 1. The zero-order valence-corrected chi connectivity index (χ0v) is 11.6. The average Bonchev–Trinajstić information content (AvgIpc) is 2.80. The number of carbonyl (C=O) groups excluding carboxylic acids is 1. The van der Waals surface area contributed by atoms with Crippen molar-refractivity contribution in [3.63, 3.8) is 0 Å². The Morgan fingerprint density at radius 1 is 1.35 bits per heavy atom. The van der Waals surface area contributed by atoms with Gasteiger partial charge in [0.1, 0.15) is 0 Å². The van der Waals surface area contributed by atoms with E-state index in [1.165, 1.54) is 0 Å². The normalized spacial score (nSPS) is 21.9. The lowest BCUT2D eigenvalue weighted by atomic mass is 9.99. The molecule has 2 rings (SSSR count). The smallest absolute Gasteiger partial charge is 0.308 e. The minimum absolute atomic E-state index is 0.00357. The molecule has 1 aromatic rings. The van der Waals surface area contributed by atoms with Gasteiger partial charge in [0, 0.05) is 25.2 Å². The minimum atomic E-state index is -0.819. The highest BCUT2D eigenvalue weighted by molar-refractivity contribution is 5.79. The van der Waals surface area contributed by atoms with Crippen LogP contribution in [0.25, 0.3) is 0 Å². The molecule has 1 heterocycles. The average molecular weight is 276 g/mol. The Bertz CT molecular complexity index is 516. The first kappa shape index (κ1) is 14.4. The Kier molecular flexibility index (Phi) is 4.27. The monoisotopic (exact) mass is 276 g/mol. The standard InChI is InChI=1S/C15H20N2O3/c1-10-8-17(9-12(10)15(19)20)14(18)7-6-11-4-2-3-5-13(11)16/h2-5,10,12H,6-9,16H2,1H3,(H,19,20). The predicted octanol–water partition coefficient (Wildman–Crippen LogP) is 1.38. The second-order valence-electron chi connectivity index (χ2n) is 5.42. The Hall–Kier alpha value is -2.04. The van der Waals surface area contributed by atoms with Crippen LogP contribution in [-0.2, 0) is 16.0 Å². The number of hydrogen-bond acceptors (Lipinski definition) is 3. The first-order valence-corrected chi connectivity index (χ1v) is 6.83. The highest BCUT2D eigenvalue weighted by Gasteiger charge is 2.36. The Balaban J connectivity index is 1.90. The topological polar surface area (TPSA) is 83.6 Å². The third-order valence-corrected chi connectivity index (χ3v) is 3.95. The van der Waals surface area contributed by atoms with Gasteiger partial charge in [0.2, 0.25) is 5.91 Å². The minimum Gasteiger partial charge on any atom is -0.481 e. The number of hydrogen-bond donors (Lipinski definition) is 2. The number of amides is 1. The van der Waals surface area contributed by atoms with Crippen LogP contribution in [0.1, 0.15) is 18.9 Å². The number of benzene rings is 1. The van der Waals surface area contributed by atoms with Crippen LogP contribution >= 0.6 is 0 Å². The van der Waals surface area contributed by atoms with Crippen LogP contribution in [0.5, 0.6) is 0 Å². The predicted molar refractivity (Wildman–Crippen MR) is 76.0 cm³/mol. The van der Waals surface area contributed by atoms with Crippen LogP contribution < -0.4 is 5.73 Å². The van der Waals surface area contributed by atoms with Crippen molar-refractivity contribution in [1.29, 1.82) is 0 Å². The Morgan fingerprint density at radius 2 is 2.05 bits per heavy atom. The molecular formula is C15H20N2O3. The largest absolute Gasteiger partial charge is 0.481 e. The molecule has 0 spiro atoms. The first-order chi connectivity index (χ1) is 9.49. The molecule has 1 amide bonds. The van der Waals surface area contributed by atoms with E-state index in [1.807, 2.05) is 31.2 Å². The zero-order chi connectivity index (χ0) is 14.7. The molecule has 3 N–H and O–H groups in total. The quantitative estimate of drug-likeness (QED) is 0.814. The van der Waals surface area contributed by atoms with Gasteiger partial charge in [-0.05, 0) is 24.0 Å². The molecule has 2 atom stereocenters. The van der Waals surface area contributed by atoms with Crippen molar-refractivity contribution < 1.29 is 14.7 Å². The molecule has 1 fully saturated rings. The van der Waals surface area contributed by atoms with Crippen LogP contribution in [0.2, 0.25) is 0 Å². The highest BCUT2D eigenvalue weighted by atomic mass is 16.4. The molecule has 0 aromatic heterocycles. The van der Waals surface area contributed by atoms with E-state index in [9.17, 15) is 9.59 Å². The molecule has 0 aliphatic carbocycles. The van der Waals surface area contributed by atoms with Gasteiger partial charge in [0.15, 0.2) is 0 Å². The lowest BCUT2D eigenvalue weighted by Gasteiger charge is -2.16. The molecule has 1 aromatic carbocycles. The van der Waals surface area contributed by atoms with Gasteiger partial charge in [-0.2, -0.15) is 0 Å². The molecule has 5 nitrogen and oxygen atoms in total. The van der Waals surface area contributed by atoms with Crippen LogP contribution in [0, 0.1) is 11.8 Å². The van der Waals surface area contributed by atoms with E-state index >= 15 is 0 Å². The fraction of sp³-hybridized carbons (Fsp3) is 0.467. The summed E-state index contributed by atoms with van der Waals surface area (Å²) in [7, 11) is 0. The van der Waals surface area contributed by atoms with Crippen molar-refractivity contribution >= 4 is 17.6 Å². The fourth-order valence-electron chi connectivity index (χ4n) is 2.65. The summed E-state index contributed by atoms with van der Waals surface area (Å²) in [6.45, 7) is 2.72. The molecule has 108 valence electrons. The van der Waals surface area contributed by atoms with Crippen molar-refractivity contribution in [3.05, 3.63) is 29.8 Å². The van der Waals surface area contributed by atoms with Crippen molar-refractivity contribution in [3.8, 4) is 0 Å². The number of nitrogen functional groups attached to an aromatic ring is 1. The number of carbonyl (C=O) groups is 2. The summed E-state index contributed by atoms with van der Waals surface area (Å²) in [5.74, 6) is -1.25. The number of anilines is 1. The van der Waals surface area contributed by atoms with Crippen LogP contribution in [0.4, 0.5) is 5.69 Å². The van der Waals surface area contributed by atoms with E-state index in [1.54, 1.807) is 4.90 Å². The molecule has 20 heavy (non-hydrogen) atoms. The van der Waals surface area contributed by atoms with E-state index < -0.39 is 11.9 Å². The fourth-order valence-corrected chi connectivity index (χ4v) is 2.65. The first-order valence-electron chi connectivity index (χ1n) is 6.83. The summed E-state index contributed by atoms with van der Waals surface area (Å²) in [5, 5.41) is 9.07. The number of aliphatic carboxylic acids is 1. The van der Waals surface area contributed by atoms with Gasteiger partial charge in [-0.15, -0.1) is 0 Å². The summed E-state index contributed by atoms with van der Waals surface area (Å²) in [6, 6.07) is 7.49. The molecule has 5 heteroatoms. The maximum Gasteiger partial charge on any atom is 0.308 e. The number of nitrogens with two attached hydrogens (primary N) is 1. The van der Waals surface area contributed by atoms with Crippen LogP contribution in [-0.4, -0.2) is 35.0 Å². The summed E-state index contributed by atoms with van der Waals surface area (Å²) in [6.07, 6.45) is 0.960. The number of nitrogens with zero attached hydrogens (tertiary/aromatic N) is 1. The van der Waals surface area contributed by atoms with Gasteiger partial charge in [0.05, 0.1) is 5.92 Å². The number of rotatable bonds is 4. The lowest BCUT2D eigenvalue weighted by Crippen LogP contribution is -2.30. The SMILES string of the molecule is CC1CN(C(=O)CCc2ccccc2N)CC1C(=O)O. The molecule has 2 unspecified atom stereocenters. The lowest BCUT2D eigenvalue weighted by molar-refractivity contribution is -0.142. The van der Waals surface area contributed by atoms with Gasteiger partial charge in [-0.1, -0.05) is 25.1 Å². The van der Waals surface area contributed by atoms with Crippen molar-refractivity contribution in [2.45, 2.75) is 19.8 Å². The second kappa shape index (κ2) is 5.94. The third-order valence-electron chi connectivity index (χ3n) is 3.95. The summed E-state index contributed by atoms with van der Waals surface area (Å²) in [4.78, 5) is 24.8. The van der Waals surface area contributed by atoms with Crippen LogP contribution in [0.15, 0.2) is 24.3 Å². The van der Waals surface area contributed by atoms with E-state index in [0.29, 0.717) is 31.6 Å². The highest BCUT2D eigenvalue weighted by Crippen LogP contribution is 2.24. The van der Waals surface area contributed by atoms with Crippen molar-refractivity contribution in [2.24, 2.45) is 11.8 Å². The van der Waals surface area contributed by atoms with Gasteiger partial charge < -0.3 is 15.7 Å². The van der Waals surface area contributed by atoms with Crippen molar-refractivity contribution in [2.75, 3.05) is 18.8 Å². The third kappa shape index (κ3) is 3.10. The molecule has 1 aliphatic heterocycles. The molecule has 1 saturated heterocycles. The maximum absolute atomic E-state index is 12.1. The van der Waals surface area contributed by atoms with Gasteiger partial charge >= 0.3 is 5.97 Å². The second-order valence-corrected chi connectivity index (χ2v) is 5.42.